The quantitative estimate of drug-likeness (QED) is 0.843. The maximum Gasteiger partial charge on any atom is 0.236 e. The molecule has 128 valence electrons. The Bertz CT molecular complexity index is 382. The normalized spacial score (nSPS) is 22.5. The van der Waals surface area contributed by atoms with Crippen LogP contribution in [-0.4, -0.2) is 60.4 Å². The summed E-state index contributed by atoms with van der Waals surface area (Å²) in [4.78, 5) is 27.9. The van der Waals surface area contributed by atoms with Gasteiger partial charge in [-0.2, -0.15) is 0 Å². The molecule has 0 unspecified atom stereocenters. The Morgan fingerprint density at radius 2 is 1.59 bits per heavy atom. The highest BCUT2D eigenvalue weighted by Gasteiger charge is 2.25. The summed E-state index contributed by atoms with van der Waals surface area (Å²) in [5, 5.41) is 2.92. The standard InChI is InChI=1S/C17H33N3O2/c1-13-7-9-14(10-8-13)20(6)16(22)12-19(5)11-15(21)18-17(2,3)4/h13-14H,7-12H2,1-6H3,(H,18,21). The zero-order chi connectivity index (χ0) is 16.9. The van der Waals surface area contributed by atoms with E-state index in [1.807, 2.05) is 39.8 Å². The minimum atomic E-state index is -0.239. The van der Waals surface area contributed by atoms with E-state index in [1.165, 1.54) is 12.8 Å². The fourth-order valence-electron chi connectivity index (χ4n) is 2.93. The highest BCUT2D eigenvalue weighted by atomic mass is 16.2. The first kappa shape index (κ1) is 18.9. The Balaban J connectivity index is 2.38. The Labute approximate surface area is 135 Å². The van der Waals surface area contributed by atoms with Gasteiger partial charge in [0.25, 0.3) is 0 Å². The summed E-state index contributed by atoms with van der Waals surface area (Å²) in [5.74, 6) is 0.839. The molecule has 0 radical (unpaired) electrons. The van der Waals surface area contributed by atoms with Crippen molar-refractivity contribution in [1.29, 1.82) is 0 Å². The molecule has 0 bridgehead atoms. The number of carbonyl (C=O) groups is 2. The van der Waals surface area contributed by atoms with E-state index in [2.05, 4.69) is 12.2 Å². The number of likely N-dealkylation sites (N-methyl/N-ethyl adjacent to an activating group) is 2. The van der Waals surface area contributed by atoms with Crippen molar-refractivity contribution >= 4 is 11.8 Å². The van der Waals surface area contributed by atoms with E-state index in [0.29, 0.717) is 12.6 Å². The van der Waals surface area contributed by atoms with Crippen molar-refractivity contribution in [3.8, 4) is 0 Å². The third-order valence-electron chi connectivity index (χ3n) is 4.26. The van der Waals surface area contributed by atoms with E-state index in [4.69, 9.17) is 0 Å². The van der Waals surface area contributed by atoms with Crippen LogP contribution in [0.2, 0.25) is 0 Å². The number of carbonyl (C=O) groups excluding carboxylic acids is 2. The van der Waals surface area contributed by atoms with Gasteiger partial charge in [0.2, 0.25) is 11.8 Å². The zero-order valence-electron chi connectivity index (χ0n) is 15.1. The summed E-state index contributed by atoms with van der Waals surface area (Å²) >= 11 is 0. The Morgan fingerprint density at radius 3 is 2.09 bits per heavy atom. The van der Waals surface area contributed by atoms with Crippen LogP contribution in [0.5, 0.6) is 0 Å². The third-order valence-corrected chi connectivity index (χ3v) is 4.26. The summed E-state index contributed by atoms with van der Waals surface area (Å²) in [5.41, 5.74) is -0.239. The van der Waals surface area contributed by atoms with Gasteiger partial charge < -0.3 is 10.2 Å². The average Bonchev–Trinajstić information content (AvgIpc) is 2.35. The van der Waals surface area contributed by atoms with Crippen LogP contribution in [0, 0.1) is 5.92 Å². The van der Waals surface area contributed by atoms with Crippen molar-refractivity contribution < 1.29 is 9.59 Å². The molecule has 0 aliphatic heterocycles. The first-order valence-electron chi connectivity index (χ1n) is 8.33. The van der Waals surface area contributed by atoms with Gasteiger partial charge in [0.15, 0.2) is 0 Å². The number of rotatable bonds is 5. The van der Waals surface area contributed by atoms with Gasteiger partial charge in [-0.25, -0.2) is 0 Å². The Kier molecular flexibility index (Phi) is 6.85. The molecule has 5 heteroatoms. The van der Waals surface area contributed by atoms with Gasteiger partial charge in [0.1, 0.15) is 0 Å². The fraction of sp³-hybridized carbons (Fsp3) is 0.882. The topological polar surface area (TPSA) is 52.7 Å². The minimum Gasteiger partial charge on any atom is -0.350 e. The molecule has 1 N–H and O–H groups in total. The number of nitrogens with one attached hydrogen (secondary N) is 1. The van der Waals surface area contributed by atoms with Gasteiger partial charge in [-0.05, 0) is 59.4 Å². The largest absolute Gasteiger partial charge is 0.350 e. The van der Waals surface area contributed by atoms with Crippen LogP contribution in [0.3, 0.4) is 0 Å². The molecule has 1 aliphatic rings. The maximum absolute atomic E-state index is 12.4. The maximum atomic E-state index is 12.4. The van der Waals surface area contributed by atoms with Crippen molar-refractivity contribution in [2.45, 2.75) is 65.0 Å². The molecule has 2 amide bonds. The van der Waals surface area contributed by atoms with E-state index < -0.39 is 0 Å². The lowest BCUT2D eigenvalue weighted by molar-refractivity contribution is -0.134. The van der Waals surface area contributed by atoms with E-state index in [-0.39, 0.29) is 23.9 Å². The van der Waals surface area contributed by atoms with Crippen LogP contribution in [0.25, 0.3) is 0 Å². The lowest BCUT2D eigenvalue weighted by atomic mass is 9.87. The summed E-state index contributed by atoms with van der Waals surface area (Å²) in [6.45, 7) is 8.67. The van der Waals surface area contributed by atoms with Crippen molar-refractivity contribution in [3.05, 3.63) is 0 Å². The smallest absolute Gasteiger partial charge is 0.236 e. The monoisotopic (exact) mass is 311 g/mol. The van der Waals surface area contributed by atoms with Crippen molar-refractivity contribution in [2.24, 2.45) is 5.92 Å². The molecule has 0 saturated heterocycles. The van der Waals surface area contributed by atoms with Crippen LogP contribution >= 0.6 is 0 Å². The van der Waals surface area contributed by atoms with E-state index in [1.54, 1.807) is 4.90 Å². The SMILES string of the molecule is CC1CCC(N(C)C(=O)CN(C)CC(=O)NC(C)(C)C)CC1. The molecule has 1 fully saturated rings. The van der Waals surface area contributed by atoms with Gasteiger partial charge in [-0.1, -0.05) is 6.92 Å². The second-order valence-electron chi connectivity index (χ2n) is 7.89. The van der Waals surface area contributed by atoms with Crippen molar-refractivity contribution in [3.63, 3.8) is 0 Å². The molecule has 0 aromatic rings. The third kappa shape index (κ3) is 6.77. The van der Waals surface area contributed by atoms with Gasteiger partial charge in [0, 0.05) is 18.6 Å². The summed E-state index contributed by atoms with van der Waals surface area (Å²) in [7, 11) is 3.71. The van der Waals surface area contributed by atoms with E-state index in [9.17, 15) is 9.59 Å². The fourth-order valence-corrected chi connectivity index (χ4v) is 2.93. The van der Waals surface area contributed by atoms with E-state index >= 15 is 0 Å². The number of amides is 2. The molecular formula is C17H33N3O2. The lowest BCUT2D eigenvalue weighted by Crippen LogP contribution is -2.48. The summed E-state index contributed by atoms with van der Waals surface area (Å²) in [6, 6.07) is 0.362. The molecule has 1 rings (SSSR count). The van der Waals surface area contributed by atoms with E-state index in [0.717, 1.165) is 18.8 Å². The van der Waals surface area contributed by atoms with Crippen LogP contribution in [0.4, 0.5) is 0 Å². The second kappa shape index (κ2) is 7.95. The molecule has 1 saturated carbocycles. The first-order valence-corrected chi connectivity index (χ1v) is 8.33. The highest BCUT2D eigenvalue weighted by molar-refractivity contribution is 5.81. The Morgan fingerprint density at radius 1 is 1.05 bits per heavy atom. The minimum absolute atomic E-state index is 0.0445. The molecule has 5 nitrogen and oxygen atoms in total. The van der Waals surface area contributed by atoms with Crippen LogP contribution in [-0.2, 0) is 9.59 Å². The summed E-state index contributed by atoms with van der Waals surface area (Å²) < 4.78 is 0. The lowest BCUT2D eigenvalue weighted by Gasteiger charge is -2.34. The van der Waals surface area contributed by atoms with Gasteiger partial charge in [-0.3, -0.25) is 14.5 Å². The number of nitrogens with zero attached hydrogens (tertiary/aromatic N) is 2. The predicted octanol–water partition coefficient (Wildman–Crippen LogP) is 1.87. The predicted molar refractivity (Wildman–Crippen MR) is 89.6 cm³/mol. The molecule has 0 aromatic heterocycles. The zero-order valence-corrected chi connectivity index (χ0v) is 15.1. The van der Waals surface area contributed by atoms with Crippen LogP contribution in [0.15, 0.2) is 0 Å². The Hall–Kier alpha value is -1.10. The van der Waals surface area contributed by atoms with Crippen LogP contribution in [0.1, 0.15) is 53.4 Å². The number of hydrogen-bond donors (Lipinski definition) is 1. The molecule has 1 aliphatic carbocycles. The molecule has 22 heavy (non-hydrogen) atoms. The van der Waals surface area contributed by atoms with Gasteiger partial charge in [-0.15, -0.1) is 0 Å². The molecule has 0 spiro atoms. The van der Waals surface area contributed by atoms with Crippen molar-refractivity contribution in [1.82, 2.24) is 15.1 Å². The first-order chi connectivity index (χ1) is 10.1. The number of hydrogen-bond acceptors (Lipinski definition) is 3. The molecule has 0 atom stereocenters. The summed E-state index contributed by atoms with van der Waals surface area (Å²) in [6.07, 6.45) is 4.59. The van der Waals surface area contributed by atoms with Gasteiger partial charge >= 0.3 is 0 Å². The van der Waals surface area contributed by atoms with Crippen LogP contribution < -0.4 is 5.32 Å². The molecular weight excluding hydrogens is 278 g/mol. The highest BCUT2D eigenvalue weighted by Crippen LogP contribution is 2.26. The molecule has 0 heterocycles. The van der Waals surface area contributed by atoms with Crippen molar-refractivity contribution in [2.75, 3.05) is 27.2 Å². The van der Waals surface area contributed by atoms with Gasteiger partial charge in [0.05, 0.1) is 13.1 Å². The second-order valence-corrected chi connectivity index (χ2v) is 7.89. The molecule has 0 aromatic carbocycles. The average molecular weight is 311 g/mol.